The van der Waals surface area contributed by atoms with Crippen LogP contribution < -0.4 is 14.2 Å². The van der Waals surface area contributed by atoms with Gasteiger partial charge in [-0.05, 0) is 35.9 Å². The van der Waals surface area contributed by atoms with Crippen LogP contribution >= 0.6 is 0 Å². The van der Waals surface area contributed by atoms with Gasteiger partial charge < -0.3 is 23.9 Å². The Balaban J connectivity index is 1.71. The van der Waals surface area contributed by atoms with Gasteiger partial charge in [0.2, 0.25) is 5.91 Å². The van der Waals surface area contributed by atoms with E-state index in [1.807, 2.05) is 61.2 Å². The number of ether oxygens (including phenoxy) is 3. The van der Waals surface area contributed by atoms with E-state index in [-0.39, 0.29) is 17.9 Å². The number of benzene rings is 2. The molecule has 1 heterocycles. The Morgan fingerprint density at radius 3 is 2.55 bits per heavy atom. The maximum absolute atomic E-state index is 12.9. The number of carbonyl (C=O) groups is 1. The van der Waals surface area contributed by atoms with Crippen LogP contribution in [0.5, 0.6) is 17.2 Å². The van der Waals surface area contributed by atoms with Crippen molar-refractivity contribution in [2.45, 2.75) is 32.9 Å². The molecule has 0 N–H and O–H groups in total. The second-order valence-corrected chi connectivity index (χ2v) is 7.76. The molecule has 0 aromatic heterocycles. The van der Waals surface area contributed by atoms with Crippen molar-refractivity contribution in [2.24, 2.45) is 11.1 Å². The Kier molecular flexibility index (Phi) is 7.39. The summed E-state index contributed by atoms with van der Waals surface area (Å²) in [5.41, 5.74) is 2.74. The van der Waals surface area contributed by atoms with Crippen molar-refractivity contribution in [2.75, 3.05) is 27.9 Å². The molecule has 31 heavy (non-hydrogen) atoms. The van der Waals surface area contributed by atoms with Crippen molar-refractivity contribution in [1.82, 2.24) is 4.90 Å². The molecule has 0 saturated heterocycles. The molecule has 2 aromatic rings. The largest absolute Gasteiger partial charge is 0.497 e. The standard InChI is InChI=1S/C24H30N2O5/c1-16(2)24(27)26(14-17-7-6-8-19(11-17)28-3)15-20-13-21(25-31-20)18-9-10-22(29-4)23(12-18)30-5/h6-12,16,20H,13-15H2,1-5H3/t20-/m0/s1. The SMILES string of the molecule is COc1cccc(CN(C[C@@H]2CC(c3ccc(OC)c(OC)c3)=NO2)C(=O)C(C)C)c1. The highest BCUT2D eigenvalue weighted by atomic mass is 16.6. The average molecular weight is 427 g/mol. The first kappa shape index (κ1) is 22.5. The molecule has 3 rings (SSSR count). The minimum absolute atomic E-state index is 0.0750. The highest BCUT2D eigenvalue weighted by Crippen LogP contribution is 2.30. The molecule has 0 saturated carbocycles. The molecule has 0 radical (unpaired) electrons. The second kappa shape index (κ2) is 10.2. The molecule has 1 atom stereocenters. The lowest BCUT2D eigenvalue weighted by Gasteiger charge is -2.26. The zero-order valence-corrected chi connectivity index (χ0v) is 18.8. The lowest BCUT2D eigenvalue weighted by atomic mass is 10.0. The topological polar surface area (TPSA) is 69.6 Å². The Hall–Kier alpha value is -3.22. The first-order chi connectivity index (χ1) is 14.9. The predicted molar refractivity (Wildman–Crippen MR) is 119 cm³/mol. The molecular weight excluding hydrogens is 396 g/mol. The number of hydrogen-bond donors (Lipinski definition) is 0. The Morgan fingerprint density at radius 2 is 1.87 bits per heavy atom. The van der Waals surface area contributed by atoms with Gasteiger partial charge in [-0.2, -0.15) is 0 Å². The van der Waals surface area contributed by atoms with Crippen molar-refractivity contribution in [3.05, 3.63) is 53.6 Å². The second-order valence-electron chi connectivity index (χ2n) is 7.76. The molecule has 0 aliphatic carbocycles. The van der Waals surface area contributed by atoms with Crippen molar-refractivity contribution in [3.8, 4) is 17.2 Å². The van der Waals surface area contributed by atoms with Crippen LogP contribution in [0.3, 0.4) is 0 Å². The molecule has 166 valence electrons. The molecule has 0 bridgehead atoms. The fourth-order valence-corrected chi connectivity index (χ4v) is 3.55. The van der Waals surface area contributed by atoms with Gasteiger partial charge in [0.1, 0.15) is 5.75 Å². The monoisotopic (exact) mass is 426 g/mol. The number of nitrogens with zero attached hydrogens (tertiary/aromatic N) is 2. The van der Waals surface area contributed by atoms with E-state index >= 15 is 0 Å². The van der Waals surface area contributed by atoms with Gasteiger partial charge in [0.15, 0.2) is 17.6 Å². The Labute approximate surface area is 183 Å². The average Bonchev–Trinajstić information content (AvgIpc) is 3.26. The van der Waals surface area contributed by atoms with Gasteiger partial charge in [0.25, 0.3) is 0 Å². The van der Waals surface area contributed by atoms with Gasteiger partial charge in [-0.3, -0.25) is 4.79 Å². The quantitative estimate of drug-likeness (QED) is 0.608. The molecule has 0 fully saturated rings. The maximum atomic E-state index is 12.9. The van der Waals surface area contributed by atoms with Crippen LogP contribution in [0.4, 0.5) is 0 Å². The van der Waals surface area contributed by atoms with E-state index in [9.17, 15) is 4.79 Å². The van der Waals surface area contributed by atoms with E-state index in [4.69, 9.17) is 19.0 Å². The third-order valence-electron chi connectivity index (χ3n) is 5.19. The molecule has 1 aliphatic rings. The van der Waals surface area contributed by atoms with Gasteiger partial charge >= 0.3 is 0 Å². The molecule has 0 unspecified atom stereocenters. The summed E-state index contributed by atoms with van der Waals surface area (Å²) in [7, 11) is 4.84. The van der Waals surface area contributed by atoms with Gasteiger partial charge in [0.05, 0.1) is 33.6 Å². The summed E-state index contributed by atoms with van der Waals surface area (Å²) in [4.78, 5) is 20.4. The first-order valence-corrected chi connectivity index (χ1v) is 10.3. The summed E-state index contributed by atoms with van der Waals surface area (Å²) < 4.78 is 16.0. The van der Waals surface area contributed by atoms with Crippen LogP contribution in [0.1, 0.15) is 31.4 Å². The van der Waals surface area contributed by atoms with E-state index in [0.29, 0.717) is 31.0 Å². The lowest BCUT2D eigenvalue weighted by molar-refractivity contribution is -0.136. The van der Waals surface area contributed by atoms with Crippen molar-refractivity contribution in [1.29, 1.82) is 0 Å². The molecule has 0 spiro atoms. The summed E-state index contributed by atoms with van der Waals surface area (Å²) in [6.07, 6.45) is 0.395. The first-order valence-electron chi connectivity index (χ1n) is 10.3. The van der Waals surface area contributed by atoms with Crippen LogP contribution in [0.15, 0.2) is 47.6 Å². The summed E-state index contributed by atoms with van der Waals surface area (Å²) in [5, 5.41) is 4.27. The van der Waals surface area contributed by atoms with Crippen molar-refractivity contribution >= 4 is 11.6 Å². The van der Waals surface area contributed by atoms with Gasteiger partial charge in [-0.25, -0.2) is 0 Å². The fourth-order valence-electron chi connectivity index (χ4n) is 3.55. The third kappa shape index (κ3) is 5.48. The fraction of sp³-hybridized carbons (Fsp3) is 0.417. The number of amides is 1. The van der Waals surface area contributed by atoms with Gasteiger partial charge in [-0.1, -0.05) is 31.1 Å². The Bertz CT molecular complexity index is 941. The molecule has 7 nitrogen and oxygen atoms in total. The summed E-state index contributed by atoms with van der Waals surface area (Å²) in [6, 6.07) is 13.4. The highest BCUT2D eigenvalue weighted by Gasteiger charge is 2.28. The molecule has 1 aliphatic heterocycles. The number of carbonyl (C=O) groups excluding carboxylic acids is 1. The summed E-state index contributed by atoms with van der Waals surface area (Å²) >= 11 is 0. The van der Waals surface area contributed by atoms with Crippen LogP contribution in [-0.4, -0.2) is 50.5 Å². The summed E-state index contributed by atoms with van der Waals surface area (Å²) in [6.45, 7) is 4.75. The normalized spacial score (nSPS) is 15.3. The van der Waals surface area contributed by atoms with Crippen LogP contribution in [0.25, 0.3) is 0 Å². The number of methoxy groups -OCH3 is 3. The third-order valence-corrected chi connectivity index (χ3v) is 5.19. The maximum Gasteiger partial charge on any atom is 0.225 e. The zero-order valence-electron chi connectivity index (χ0n) is 18.8. The molecule has 1 amide bonds. The van der Waals surface area contributed by atoms with E-state index in [1.54, 1.807) is 21.3 Å². The van der Waals surface area contributed by atoms with Gasteiger partial charge in [-0.15, -0.1) is 0 Å². The zero-order chi connectivity index (χ0) is 22.4. The predicted octanol–water partition coefficient (Wildman–Crippen LogP) is 3.89. The van der Waals surface area contributed by atoms with E-state index in [0.717, 1.165) is 22.6 Å². The minimum atomic E-state index is -0.212. The van der Waals surface area contributed by atoms with Crippen molar-refractivity contribution < 1.29 is 23.8 Å². The minimum Gasteiger partial charge on any atom is -0.497 e. The number of oxime groups is 1. The van der Waals surface area contributed by atoms with E-state index < -0.39 is 0 Å². The van der Waals surface area contributed by atoms with Crippen LogP contribution in [0, 0.1) is 5.92 Å². The Morgan fingerprint density at radius 1 is 1.10 bits per heavy atom. The van der Waals surface area contributed by atoms with Crippen LogP contribution in [-0.2, 0) is 16.2 Å². The van der Waals surface area contributed by atoms with E-state index in [2.05, 4.69) is 5.16 Å². The number of rotatable bonds is 9. The number of hydrogen-bond acceptors (Lipinski definition) is 6. The molecule has 7 heteroatoms. The molecule has 2 aromatic carbocycles. The van der Waals surface area contributed by atoms with E-state index in [1.165, 1.54) is 0 Å². The summed E-state index contributed by atoms with van der Waals surface area (Å²) in [5.74, 6) is 2.03. The lowest BCUT2D eigenvalue weighted by Crippen LogP contribution is -2.39. The highest BCUT2D eigenvalue weighted by molar-refractivity contribution is 6.01. The van der Waals surface area contributed by atoms with Gasteiger partial charge in [0, 0.05) is 24.4 Å². The van der Waals surface area contributed by atoms with Crippen molar-refractivity contribution in [3.63, 3.8) is 0 Å². The van der Waals surface area contributed by atoms with Crippen LogP contribution in [0.2, 0.25) is 0 Å². The molecular formula is C24H30N2O5. The smallest absolute Gasteiger partial charge is 0.225 e.